The van der Waals surface area contributed by atoms with E-state index in [1.54, 1.807) is 0 Å². The predicted molar refractivity (Wildman–Crippen MR) is 65.6 cm³/mol. The van der Waals surface area contributed by atoms with Crippen LogP contribution in [0.15, 0.2) is 28.7 Å². The summed E-state index contributed by atoms with van der Waals surface area (Å²) < 4.78 is 1.23. The van der Waals surface area contributed by atoms with E-state index in [1.807, 2.05) is 0 Å². The fourth-order valence-corrected chi connectivity index (χ4v) is 2.41. The lowest BCUT2D eigenvalue weighted by molar-refractivity contribution is 0.668. The fourth-order valence-electron chi connectivity index (χ4n) is 1.41. The van der Waals surface area contributed by atoms with Crippen molar-refractivity contribution in [2.24, 2.45) is 0 Å². The zero-order valence-electron chi connectivity index (χ0n) is 7.76. The Morgan fingerprint density at radius 2 is 2.00 bits per heavy atom. The van der Waals surface area contributed by atoms with Crippen LogP contribution in [0.2, 0.25) is 0 Å². The molecule has 1 aromatic carbocycles. The normalized spacial score (nSPS) is 12.8. The molecular formula is C11H14Br2. The number of hydrogen-bond donors (Lipinski definition) is 0. The van der Waals surface area contributed by atoms with Gasteiger partial charge in [-0.1, -0.05) is 57.0 Å². The molecule has 13 heavy (non-hydrogen) atoms. The molecule has 0 bridgehead atoms. The molecule has 0 aliphatic heterocycles. The lowest BCUT2D eigenvalue weighted by Crippen LogP contribution is -1.94. The maximum atomic E-state index is 3.58. The number of rotatable bonds is 4. The van der Waals surface area contributed by atoms with E-state index >= 15 is 0 Å². The quantitative estimate of drug-likeness (QED) is 0.706. The predicted octanol–water partition coefficient (Wildman–Crippen LogP) is 4.73. The molecule has 0 nitrogen and oxygen atoms in total. The largest absolute Gasteiger partial charge is 0.0928 e. The first-order chi connectivity index (χ1) is 6.25. The summed E-state index contributed by atoms with van der Waals surface area (Å²) in [5, 5.41) is 1.10. The van der Waals surface area contributed by atoms with Crippen molar-refractivity contribution < 1.29 is 0 Å². The third kappa shape index (κ3) is 3.43. The topological polar surface area (TPSA) is 0 Å². The second kappa shape index (κ2) is 5.82. The molecule has 1 unspecified atom stereocenters. The summed E-state index contributed by atoms with van der Waals surface area (Å²) in [7, 11) is 0. The highest BCUT2D eigenvalue weighted by atomic mass is 79.9. The van der Waals surface area contributed by atoms with Gasteiger partial charge in [0.25, 0.3) is 0 Å². The molecule has 0 spiro atoms. The van der Waals surface area contributed by atoms with Gasteiger partial charge in [-0.3, -0.25) is 0 Å². The average Bonchev–Trinajstić information content (AvgIpc) is 2.15. The van der Waals surface area contributed by atoms with Crippen LogP contribution in [0.1, 0.15) is 31.2 Å². The van der Waals surface area contributed by atoms with Gasteiger partial charge in [-0.25, -0.2) is 0 Å². The molecular weight excluding hydrogens is 292 g/mol. The summed E-state index contributed by atoms with van der Waals surface area (Å²) in [5.74, 6) is 0.646. The van der Waals surface area contributed by atoms with Crippen molar-refractivity contribution in [2.45, 2.75) is 25.7 Å². The first kappa shape index (κ1) is 11.3. The van der Waals surface area contributed by atoms with Crippen molar-refractivity contribution in [3.63, 3.8) is 0 Å². The number of benzene rings is 1. The van der Waals surface area contributed by atoms with E-state index in [0.29, 0.717) is 5.92 Å². The summed E-state index contributed by atoms with van der Waals surface area (Å²) in [6.07, 6.45) is 2.48. The van der Waals surface area contributed by atoms with Gasteiger partial charge in [0.15, 0.2) is 0 Å². The Morgan fingerprint density at radius 1 is 1.31 bits per heavy atom. The lowest BCUT2D eigenvalue weighted by atomic mass is 9.97. The smallest absolute Gasteiger partial charge is 0.0210 e. The molecule has 0 aliphatic carbocycles. The minimum atomic E-state index is 0.646. The third-order valence-electron chi connectivity index (χ3n) is 2.21. The van der Waals surface area contributed by atoms with Gasteiger partial charge in [0.05, 0.1) is 0 Å². The van der Waals surface area contributed by atoms with Gasteiger partial charge in [-0.05, 0) is 30.4 Å². The van der Waals surface area contributed by atoms with Crippen molar-refractivity contribution in [3.8, 4) is 0 Å². The third-order valence-corrected chi connectivity index (χ3v) is 3.49. The summed E-state index contributed by atoms with van der Waals surface area (Å²) >= 11 is 7.03. The molecule has 2 heteroatoms. The molecule has 0 saturated heterocycles. The van der Waals surface area contributed by atoms with Crippen LogP contribution in [0.5, 0.6) is 0 Å². The Bertz CT molecular complexity index is 258. The van der Waals surface area contributed by atoms with Crippen molar-refractivity contribution in [1.82, 2.24) is 0 Å². The summed E-state index contributed by atoms with van der Waals surface area (Å²) in [6, 6.07) is 8.47. The average molecular weight is 306 g/mol. The Labute approximate surface area is 97.0 Å². The molecule has 72 valence electrons. The van der Waals surface area contributed by atoms with E-state index in [9.17, 15) is 0 Å². The van der Waals surface area contributed by atoms with Crippen LogP contribution in [0, 0.1) is 0 Å². The van der Waals surface area contributed by atoms with Crippen molar-refractivity contribution in [2.75, 3.05) is 5.33 Å². The Morgan fingerprint density at radius 3 is 2.62 bits per heavy atom. The molecule has 0 amide bonds. The SMILES string of the molecule is CC(CCCBr)c1ccccc1Br. The van der Waals surface area contributed by atoms with E-state index in [4.69, 9.17) is 0 Å². The van der Waals surface area contributed by atoms with Gasteiger partial charge in [-0.15, -0.1) is 0 Å². The van der Waals surface area contributed by atoms with Gasteiger partial charge < -0.3 is 0 Å². The monoisotopic (exact) mass is 304 g/mol. The zero-order valence-corrected chi connectivity index (χ0v) is 10.9. The molecule has 0 fully saturated rings. The van der Waals surface area contributed by atoms with Gasteiger partial charge in [0.2, 0.25) is 0 Å². The molecule has 1 aromatic rings. The van der Waals surface area contributed by atoms with Gasteiger partial charge in [-0.2, -0.15) is 0 Å². The Kier molecular flexibility index (Phi) is 5.04. The first-order valence-corrected chi connectivity index (χ1v) is 6.47. The van der Waals surface area contributed by atoms with E-state index < -0.39 is 0 Å². The lowest BCUT2D eigenvalue weighted by Gasteiger charge is -2.12. The highest BCUT2D eigenvalue weighted by Crippen LogP contribution is 2.27. The fraction of sp³-hybridized carbons (Fsp3) is 0.455. The number of hydrogen-bond acceptors (Lipinski definition) is 0. The first-order valence-electron chi connectivity index (χ1n) is 4.56. The Hall–Kier alpha value is 0.180. The molecule has 0 saturated carbocycles. The molecule has 0 radical (unpaired) electrons. The minimum absolute atomic E-state index is 0.646. The highest BCUT2D eigenvalue weighted by Gasteiger charge is 2.07. The van der Waals surface area contributed by atoms with Crippen LogP contribution in [0.4, 0.5) is 0 Å². The van der Waals surface area contributed by atoms with Crippen molar-refractivity contribution in [3.05, 3.63) is 34.3 Å². The minimum Gasteiger partial charge on any atom is -0.0928 e. The Balaban J connectivity index is 2.65. The van der Waals surface area contributed by atoms with Crippen LogP contribution >= 0.6 is 31.9 Å². The summed E-state index contributed by atoms with van der Waals surface area (Å²) in [4.78, 5) is 0. The molecule has 0 N–H and O–H groups in total. The number of halogens is 2. The van der Waals surface area contributed by atoms with Crippen LogP contribution in [0.3, 0.4) is 0 Å². The second-order valence-corrected chi connectivity index (χ2v) is 4.90. The van der Waals surface area contributed by atoms with E-state index in [-0.39, 0.29) is 0 Å². The van der Waals surface area contributed by atoms with Crippen LogP contribution in [-0.2, 0) is 0 Å². The molecule has 1 rings (SSSR count). The molecule has 0 aliphatic rings. The molecule has 0 heterocycles. The molecule has 0 aromatic heterocycles. The van der Waals surface area contributed by atoms with Crippen molar-refractivity contribution in [1.29, 1.82) is 0 Å². The van der Waals surface area contributed by atoms with E-state index in [2.05, 4.69) is 63.0 Å². The standard InChI is InChI=1S/C11H14Br2/c1-9(5-4-8-12)10-6-2-3-7-11(10)13/h2-3,6-7,9H,4-5,8H2,1H3. The maximum absolute atomic E-state index is 3.58. The summed E-state index contributed by atoms with van der Waals surface area (Å²) in [6.45, 7) is 2.28. The van der Waals surface area contributed by atoms with E-state index in [1.165, 1.54) is 22.9 Å². The summed E-state index contributed by atoms with van der Waals surface area (Å²) in [5.41, 5.74) is 1.42. The maximum Gasteiger partial charge on any atom is 0.0210 e. The van der Waals surface area contributed by atoms with E-state index in [0.717, 1.165) is 5.33 Å². The second-order valence-electron chi connectivity index (χ2n) is 3.25. The van der Waals surface area contributed by atoms with Crippen molar-refractivity contribution >= 4 is 31.9 Å². The molecule has 1 atom stereocenters. The van der Waals surface area contributed by atoms with Gasteiger partial charge in [0, 0.05) is 9.80 Å². The van der Waals surface area contributed by atoms with Gasteiger partial charge in [0.1, 0.15) is 0 Å². The highest BCUT2D eigenvalue weighted by molar-refractivity contribution is 9.10. The van der Waals surface area contributed by atoms with Crippen LogP contribution in [-0.4, -0.2) is 5.33 Å². The zero-order chi connectivity index (χ0) is 9.68. The van der Waals surface area contributed by atoms with Crippen LogP contribution < -0.4 is 0 Å². The van der Waals surface area contributed by atoms with Crippen LogP contribution in [0.25, 0.3) is 0 Å². The number of alkyl halides is 1. The van der Waals surface area contributed by atoms with Gasteiger partial charge >= 0.3 is 0 Å².